The Bertz CT molecular complexity index is 690. The van der Waals surface area contributed by atoms with Gasteiger partial charge in [0.1, 0.15) is 12.2 Å². The molecule has 0 spiro atoms. The maximum absolute atomic E-state index is 4.71. The lowest BCUT2D eigenvalue weighted by molar-refractivity contribution is 0.661. The molecule has 1 aromatic carbocycles. The van der Waals surface area contributed by atoms with Crippen molar-refractivity contribution in [3.05, 3.63) is 48.8 Å². The Morgan fingerprint density at radius 1 is 1.15 bits per heavy atom. The molecule has 5 nitrogen and oxygen atoms in total. The Morgan fingerprint density at radius 2 is 1.95 bits per heavy atom. The minimum Gasteiger partial charge on any atom is -0.375 e. The molecule has 20 heavy (non-hydrogen) atoms. The van der Waals surface area contributed by atoms with E-state index in [0.29, 0.717) is 6.54 Å². The number of nitrogens with one attached hydrogen (secondary N) is 1. The Balaban J connectivity index is 1.88. The molecule has 0 unspecified atom stereocenters. The SMILES string of the molecule is CCCn1c(CNc2cncnc2)nc2ccccc21. The number of hydrogen-bond donors (Lipinski definition) is 1. The zero-order chi connectivity index (χ0) is 13.8. The van der Waals surface area contributed by atoms with E-state index in [1.54, 1.807) is 12.4 Å². The van der Waals surface area contributed by atoms with Gasteiger partial charge in [-0.2, -0.15) is 0 Å². The number of anilines is 1. The van der Waals surface area contributed by atoms with Crippen LogP contribution in [0.3, 0.4) is 0 Å². The molecule has 2 aromatic heterocycles. The van der Waals surface area contributed by atoms with Crippen molar-refractivity contribution in [3.63, 3.8) is 0 Å². The first kappa shape index (κ1) is 12.6. The van der Waals surface area contributed by atoms with Crippen molar-refractivity contribution in [1.29, 1.82) is 0 Å². The van der Waals surface area contributed by atoms with Crippen LogP contribution in [-0.4, -0.2) is 19.5 Å². The maximum atomic E-state index is 4.71. The maximum Gasteiger partial charge on any atom is 0.129 e. The number of aromatic nitrogens is 4. The lowest BCUT2D eigenvalue weighted by Crippen LogP contribution is -2.09. The first-order valence-electron chi connectivity index (χ1n) is 6.81. The second kappa shape index (κ2) is 5.69. The molecule has 0 radical (unpaired) electrons. The summed E-state index contributed by atoms with van der Waals surface area (Å²) >= 11 is 0. The Morgan fingerprint density at radius 3 is 2.75 bits per heavy atom. The Labute approximate surface area is 117 Å². The van der Waals surface area contributed by atoms with E-state index >= 15 is 0 Å². The van der Waals surface area contributed by atoms with Crippen molar-refractivity contribution in [2.24, 2.45) is 0 Å². The first-order chi connectivity index (χ1) is 9.88. The summed E-state index contributed by atoms with van der Waals surface area (Å²) < 4.78 is 2.27. The van der Waals surface area contributed by atoms with E-state index in [1.165, 1.54) is 11.8 Å². The summed E-state index contributed by atoms with van der Waals surface area (Å²) in [6.07, 6.45) is 6.14. The van der Waals surface area contributed by atoms with Gasteiger partial charge in [-0.25, -0.2) is 15.0 Å². The smallest absolute Gasteiger partial charge is 0.129 e. The van der Waals surface area contributed by atoms with E-state index in [1.807, 2.05) is 6.07 Å². The quantitative estimate of drug-likeness (QED) is 0.772. The Hall–Kier alpha value is -2.43. The van der Waals surface area contributed by atoms with Crippen LogP contribution in [0.5, 0.6) is 0 Å². The van der Waals surface area contributed by atoms with Crippen LogP contribution in [0.4, 0.5) is 5.69 Å². The Kier molecular flexibility index (Phi) is 3.58. The van der Waals surface area contributed by atoms with Crippen molar-refractivity contribution < 1.29 is 0 Å². The topological polar surface area (TPSA) is 55.6 Å². The van der Waals surface area contributed by atoms with Crippen LogP contribution in [0, 0.1) is 0 Å². The third-order valence-electron chi connectivity index (χ3n) is 3.19. The highest BCUT2D eigenvalue weighted by atomic mass is 15.1. The van der Waals surface area contributed by atoms with E-state index in [9.17, 15) is 0 Å². The second-order valence-corrected chi connectivity index (χ2v) is 4.65. The van der Waals surface area contributed by atoms with Crippen LogP contribution in [-0.2, 0) is 13.1 Å². The molecule has 3 rings (SSSR count). The summed E-state index contributed by atoms with van der Waals surface area (Å²) in [6.45, 7) is 3.82. The fourth-order valence-electron chi connectivity index (χ4n) is 2.30. The second-order valence-electron chi connectivity index (χ2n) is 4.65. The normalized spacial score (nSPS) is 10.8. The van der Waals surface area contributed by atoms with Gasteiger partial charge in [0, 0.05) is 6.54 Å². The van der Waals surface area contributed by atoms with Crippen molar-refractivity contribution in [1.82, 2.24) is 19.5 Å². The summed E-state index contributed by atoms with van der Waals surface area (Å²) in [5.41, 5.74) is 3.14. The van der Waals surface area contributed by atoms with Crippen LogP contribution in [0.25, 0.3) is 11.0 Å². The van der Waals surface area contributed by atoms with Gasteiger partial charge in [-0.05, 0) is 18.6 Å². The van der Waals surface area contributed by atoms with Gasteiger partial charge in [-0.1, -0.05) is 19.1 Å². The van der Waals surface area contributed by atoms with Crippen LogP contribution in [0.15, 0.2) is 43.0 Å². The standard InChI is InChI=1S/C15H17N5/c1-2-7-20-14-6-4-3-5-13(14)19-15(20)10-18-12-8-16-11-17-9-12/h3-6,8-9,11,18H,2,7,10H2,1H3. The highest BCUT2D eigenvalue weighted by molar-refractivity contribution is 5.75. The highest BCUT2D eigenvalue weighted by Gasteiger charge is 2.09. The monoisotopic (exact) mass is 267 g/mol. The van der Waals surface area contributed by atoms with Gasteiger partial charge in [-0.15, -0.1) is 0 Å². The van der Waals surface area contributed by atoms with E-state index in [0.717, 1.165) is 30.0 Å². The summed E-state index contributed by atoms with van der Waals surface area (Å²) in [6, 6.07) is 8.25. The third-order valence-corrected chi connectivity index (χ3v) is 3.19. The van der Waals surface area contributed by atoms with E-state index in [2.05, 4.69) is 45.0 Å². The molecule has 0 atom stereocenters. The van der Waals surface area contributed by atoms with Crippen LogP contribution in [0.2, 0.25) is 0 Å². The number of para-hydroxylation sites is 2. The molecule has 0 saturated carbocycles. The fraction of sp³-hybridized carbons (Fsp3) is 0.267. The molecule has 1 N–H and O–H groups in total. The number of rotatable bonds is 5. The molecule has 0 fully saturated rings. The number of hydrogen-bond acceptors (Lipinski definition) is 4. The molecule has 0 bridgehead atoms. The summed E-state index contributed by atoms with van der Waals surface area (Å²) in [7, 11) is 0. The van der Waals surface area contributed by atoms with Crippen LogP contribution in [0.1, 0.15) is 19.2 Å². The molecule has 3 aromatic rings. The van der Waals surface area contributed by atoms with Gasteiger partial charge in [0.2, 0.25) is 0 Å². The average Bonchev–Trinajstić information content (AvgIpc) is 2.85. The summed E-state index contributed by atoms with van der Waals surface area (Å²) in [5.74, 6) is 1.04. The zero-order valence-corrected chi connectivity index (χ0v) is 11.5. The number of fused-ring (bicyclic) bond motifs is 1. The molecule has 5 heteroatoms. The average molecular weight is 267 g/mol. The minimum atomic E-state index is 0.669. The fourth-order valence-corrected chi connectivity index (χ4v) is 2.30. The zero-order valence-electron chi connectivity index (χ0n) is 11.5. The van der Waals surface area contributed by atoms with E-state index in [-0.39, 0.29) is 0 Å². The van der Waals surface area contributed by atoms with Gasteiger partial charge in [0.15, 0.2) is 0 Å². The molecule has 0 aliphatic rings. The lowest BCUT2D eigenvalue weighted by Gasteiger charge is -2.09. The van der Waals surface area contributed by atoms with Crippen molar-refractivity contribution in [2.75, 3.05) is 5.32 Å². The number of imidazole rings is 1. The summed E-state index contributed by atoms with van der Waals surface area (Å²) in [5, 5.41) is 3.31. The highest BCUT2D eigenvalue weighted by Crippen LogP contribution is 2.17. The number of aryl methyl sites for hydroxylation is 1. The largest absolute Gasteiger partial charge is 0.375 e. The van der Waals surface area contributed by atoms with Crippen LogP contribution >= 0.6 is 0 Å². The summed E-state index contributed by atoms with van der Waals surface area (Å²) in [4.78, 5) is 12.7. The van der Waals surface area contributed by atoms with Gasteiger partial charge >= 0.3 is 0 Å². The molecule has 102 valence electrons. The van der Waals surface area contributed by atoms with Crippen molar-refractivity contribution in [3.8, 4) is 0 Å². The minimum absolute atomic E-state index is 0.669. The van der Waals surface area contributed by atoms with E-state index < -0.39 is 0 Å². The molecule has 2 heterocycles. The predicted octanol–water partition coefficient (Wildman–Crippen LogP) is 2.85. The third kappa shape index (κ3) is 2.47. The van der Waals surface area contributed by atoms with Gasteiger partial charge in [-0.3, -0.25) is 0 Å². The lowest BCUT2D eigenvalue weighted by atomic mass is 10.3. The van der Waals surface area contributed by atoms with Crippen LogP contribution < -0.4 is 5.32 Å². The molecule has 0 saturated heterocycles. The van der Waals surface area contributed by atoms with Gasteiger partial charge in [0.25, 0.3) is 0 Å². The molecular formula is C15H17N5. The van der Waals surface area contributed by atoms with Crippen molar-refractivity contribution >= 4 is 16.7 Å². The molecular weight excluding hydrogens is 250 g/mol. The van der Waals surface area contributed by atoms with Crippen molar-refractivity contribution in [2.45, 2.75) is 26.4 Å². The first-order valence-corrected chi connectivity index (χ1v) is 6.81. The van der Waals surface area contributed by atoms with E-state index in [4.69, 9.17) is 4.98 Å². The van der Waals surface area contributed by atoms with Gasteiger partial charge in [0.05, 0.1) is 35.7 Å². The molecule has 0 amide bonds. The number of nitrogens with zero attached hydrogens (tertiary/aromatic N) is 4. The number of benzene rings is 1. The van der Waals surface area contributed by atoms with Gasteiger partial charge < -0.3 is 9.88 Å². The molecule has 0 aliphatic heterocycles. The molecule has 0 aliphatic carbocycles. The predicted molar refractivity (Wildman–Crippen MR) is 79.4 cm³/mol.